The summed E-state index contributed by atoms with van der Waals surface area (Å²) in [4.78, 5) is 27.1. The van der Waals surface area contributed by atoms with Crippen molar-refractivity contribution in [1.29, 1.82) is 0 Å². The number of aliphatic hydroxyl groups is 1. The van der Waals surface area contributed by atoms with Crippen molar-refractivity contribution in [3.63, 3.8) is 0 Å². The van der Waals surface area contributed by atoms with E-state index in [1.807, 2.05) is 6.92 Å². The molecule has 0 saturated heterocycles. The number of hydrogen-bond donors (Lipinski definition) is 3. The Morgan fingerprint density at radius 1 is 1.39 bits per heavy atom. The zero-order chi connectivity index (χ0) is 13.7. The van der Waals surface area contributed by atoms with Crippen molar-refractivity contribution >= 4 is 11.5 Å². The molecule has 0 aliphatic rings. The van der Waals surface area contributed by atoms with Gasteiger partial charge < -0.3 is 15.7 Å². The van der Waals surface area contributed by atoms with Crippen LogP contribution in [0.4, 0.5) is 11.5 Å². The largest absolute Gasteiger partial charge is 0.395 e. The van der Waals surface area contributed by atoms with Gasteiger partial charge in [0.1, 0.15) is 11.5 Å². The molecule has 0 aliphatic heterocycles. The van der Waals surface area contributed by atoms with Crippen LogP contribution in [0.2, 0.25) is 0 Å². The Labute approximate surface area is 105 Å². The summed E-state index contributed by atoms with van der Waals surface area (Å²) >= 11 is 0. The minimum absolute atomic E-state index is 0.0779. The Balaban J connectivity index is 3.23. The number of nitrogens with zero attached hydrogens (tertiary/aromatic N) is 2. The molecule has 0 fully saturated rings. The monoisotopic (exact) mass is 256 g/mol. The van der Waals surface area contributed by atoms with Crippen molar-refractivity contribution in [2.45, 2.75) is 19.8 Å². The number of nitrogens with two attached hydrogens (primary N) is 1. The van der Waals surface area contributed by atoms with E-state index in [1.54, 1.807) is 4.90 Å². The molecule has 0 bridgehead atoms. The van der Waals surface area contributed by atoms with Crippen molar-refractivity contribution in [1.82, 2.24) is 9.55 Å². The number of aliphatic hydroxyl groups excluding tert-OH is 1. The Bertz CT molecular complexity index is 506. The van der Waals surface area contributed by atoms with E-state index in [4.69, 9.17) is 10.8 Å². The van der Waals surface area contributed by atoms with Crippen LogP contribution in [0.3, 0.4) is 0 Å². The van der Waals surface area contributed by atoms with Crippen LogP contribution in [0.25, 0.3) is 0 Å². The van der Waals surface area contributed by atoms with E-state index < -0.39 is 11.2 Å². The topological polar surface area (TPSA) is 104 Å². The van der Waals surface area contributed by atoms with Crippen molar-refractivity contribution in [3.05, 3.63) is 20.8 Å². The van der Waals surface area contributed by atoms with Crippen LogP contribution >= 0.6 is 0 Å². The van der Waals surface area contributed by atoms with Crippen LogP contribution in [0.5, 0.6) is 0 Å². The molecule has 0 saturated carbocycles. The van der Waals surface area contributed by atoms with Crippen molar-refractivity contribution < 1.29 is 5.11 Å². The molecule has 0 aliphatic carbocycles. The van der Waals surface area contributed by atoms with Gasteiger partial charge >= 0.3 is 5.69 Å². The van der Waals surface area contributed by atoms with Gasteiger partial charge in [-0.05, 0) is 6.42 Å². The lowest BCUT2D eigenvalue weighted by Crippen LogP contribution is -2.39. The molecule has 7 heteroatoms. The number of aromatic nitrogens is 2. The van der Waals surface area contributed by atoms with Crippen LogP contribution in [0.1, 0.15) is 19.8 Å². The molecule has 0 aromatic carbocycles. The van der Waals surface area contributed by atoms with E-state index in [2.05, 4.69) is 4.98 Å². The van der Waals surface area contributed by atoms with E-state index in [0.29, 0.717) is 13.1 Å². The van der Waals surface area contributed by atoms with Gasteiger partial charge in [0.15, 0.2) is 0 Å². The maximum absolute atomic E-state index is 11.8. The van der Waals surface area contributed by atoms with Gasteiger partial charge in [0.2, 0.25) is 0 Å². The molecule has 4 N–H and O–H groups in total. The molecule has 1 rings (SSSR count). The molecule has 102 valence electrons. The van der Waals surface area contributed by atoms with Crippen LogP contribution in [0.15, 0.2) is 9.59 Å². The summed E-state index contributed by atoms with van der Waals surface area (Å²) in [6.45, 7) is 2.88. The second-order valence-corrected chi connectivity index (χ2v) is 4.12. The highest BCUT2D eigenvalue weighted by Crippen LogP contribution is 2.15. The smallest absolute Gasteiger partial charge is 0.329 e. The van der Waals surface area contributed by atoms with Crippen LogP contribution < -0.4 is 21.9 Å². The molecular weight excluding hydrogens is 236 g/mol. The Hall–Kier alpha value is -1.76. The minimum Gasteiger partial charge on any atom is -0.395 e. The number of unbranched alkanes of at least 4 members (excludes halogenated alkanes) is 1. The van der Waals surface area contributed by atoms with Crippen LogP contribution in [-0.2, 0) is 7.05 Å². The lowest BCUT2D eigenvalue weighted by atomic mass is 10.3. The summed E-state index contributed by atoms with van der Waals surface area (Å²) in [5.41, 5.74) is 5.00. The molecule has 18 heavy (non-hydrogen) atoms. The minimum atomic E-state index is -0.541. The molecule has 0 atom stereocenters. The lowest BCUT2D eigenvalue weighted by molar-refractivity contribution is 0.301. The van der Waals surface area contributed by atoms with E-state index >= 15 is 0 Å². The zero-order valence-corrected chi connectivity index (χ0v) is 10.8. The summed E-state index contributed by atoms with van der Waals surface area (Å²) in [6, 6.07) is 0. The summed E-state index contributed by atoms with van der Waals surface area (Å²) in [5.74, 6) is 0.119. The number of nitrogens with one attached hydrogen (secondary N) is 1. The second-order valence-electron chi connectivity index (χ2n) is 4.12. The highest BCUT2D eigenvalue weighted by molar-refractivity contribution is 5.62. The molecule has 1 heterocycles. The molecule has 0 spiro atoms. The molecular formula is C11H20N4O3. The fourth-order valence-corrected chi connectivity index (χ4v) is 1.74. The van der Waals surface area contributed by atoms with Gasteiger partial charge in [-0.15, -0.1) is 0 Å². The Morgan fingerprint density at radius 2 is 2.06 bits per heavy atom. The summed E-state index contributed by atoms with van der Waals surface area (Å²) in [6.07, 6.45) is 1.84. The maximum Gasteiger partial charge on any atom is 0.329 e. The van der Waals surface area contributed by atoms with E-state index in [0.717, 1.165) is 12.8 Å². The van der Waals surface area contributed by atoms with Gasteiger partial charge in [0.05, 0.1) is 6.61 Å². The van der Waals surface area contributed by atoms with E-state index in [1.165, 1.54) is 11.6 Å². The number of rotatable bonds is 6. The molecule has 0 radical (unpaired) electrons. The van der Waals surface area contributed by atoms with Crippen molar-refractivity contribution in [2.24, 2.45) is 7.05 Å². The first-order valence-electron chi connectivity index (χ1n) is 5.97. The van der Waals surface area contributed by atoms with Crippen LogP contribution in [0, 0.1) is 0 Å². The van der Waals surface area contributed by atoms with Gasteiger partial charge in [-0.25, -0.2) is 4.79 Å². The summed E-state index contributed by atoms with van der Waals surface area (Å²) in [5, 5.41) is 9.04. The van der Waals surface area contributed by atoms with Gasteiger partial charge in [0.25, 0.3) is 5.56 Å². The average Bonchev–Trinajstić information content (AvgIpc) is 2.33. The SMILES string of the molecule is CCCCN(CCO)c1c(N)n(C)c(=O)[nH]c1=O. The molecule has 7 nitrogen and oxygen atoms in total. The summed E-state index contributed by atoms with van der Waals surface area (Å²) in [7, 11) is 1.49. The third-order valence-electron chi connectivity index (χ3n) is 2.81. The van der Waals surface area contributed by atoms with Crippen molar-refractivity contribution in [3.8, 4) is 0 Å². The normalized spacial score (nSPS) is 10.6. The number of H-pyrrole nitrogens is 1. The predicted molar refractivity (Wildman–Crippen MR) is 70.9 cm³/mol. The number of hydrogen-bond acceptors (Lipinski definition) is 5. The number of aromatic amines is 1. The standard InChI is InChI=1S/C11H20N4O3/c1-3-4-5-15(6-7-16)8-9(12)14(2)11(18)13-10(8)17/h16H,3-7,12H2,1-2H3,(H,13,17,18). The highest BCUT2D eigenvalue weighted by atomic mass is 16.3. The first kappa shape index (κ1) is 14.3. The van der Waals surface area contributed by atoms with Gasteiger partial charge in [0, 0.05) is 20.1 Å². The maximum atomic E-state index is 11.8. The number of anilines is 2. The van der Waals surface area contributed by atoms with Crippen molar-refractivity contribution in [2.75, 3.05) is 30.3 Å². The third-order valence-corrected chi connectivity index (χ3v) is 2.81. The zero-order valence-electron chi connectivity index (χ0n) is 10.8. The Kier molecular flexibility index (Phi) is 4.96. The first-order chi connectivity index (χ1) is 8.52. The highest BCUT2D eigenvalue weighted by Gasteiger charge is 2.16. The number of nitrogen functional groups attached to an aromatic ring is 1. The fraction of sp³-hybridized carbons (Fsp3) is 0.636. The van der Waals surface area contributed by atoms with Gasteiger partial charge in [-0.1, -0.05) is 13.3 Å². The molecule has 0 amide bonds. The molecule has 0 unspecified atom stereocenters. The van der Waals surface area contributed by atoms with Gasteiger partial charge in [-0.2, -0.15) is 0 Å². The average molecular weight is 256 g/mol. The van der Waals surface area contributed by atoms with Crippen LogP contribution in [-0.4, -0.2) is 34.4 Å². The van der Waals surface area contributed by atoms with E-state index in [9.17, 15) is 9.59 Å². The first-order valence-corrected chi connectivity index (χ1v) is 5.97. The van der Waals surface area contributed by atoms with E-state index in [-0.39, 0.29) is 18.1 Å². The predicted octanol–water partition coefficient (Wildman–Crippen LogP) is -0.745. The quantitative estimate of drug-likeness (QED) is 0.621. The summed E-state index contributed by atoms with van der Waals surface area (Å²) < 4.78 is 1.19. The third kappa shape index (κ3) is 2.92. The lowest BCUT2D eigenvalue weighted by Gasteiger charge is -2.24. The van der Waals surface area contributed by atoms with Gasteiger partial charge in [-0.3, -0.25) is 14.3 Å². The second kappa shape index (κ2) is 6.25. The molecule has 1 aromatic heterocycles. The molecule has 1 aromatic rings. The fourth-order valence-electron chi connectivity index (χ4n) is 1.74. The Morgan fingerprint density at radius 3 is 2.61 bits per heavy atom.